The van der Waals surface area contributed by atoms with Crippen LogP contribution in [-0.2, 0) is 4.79 Å². The molecule has 1 aromatic heterocycles. The highest BCUT2D eigenvalue weighted by molar-refractivity contribution is 7.12. The molecule has 2 atom stereocenters. The molecule has 1 aliphatic heterocycles. The third-order valence-electron chi connectivity index (χ3n) is 4.41. The Balaban J connectivity index is 1.73. The summed E-state index contributed by atoms with van der Waals surface area (Å²) in [6.07, 6.45) is 0.579. The molecule has 136 valence electrons. The van der Waals surface area contributed by atoms with Crippen molar-refractivity contribution in [2.24, 2.45) is 11.8 Å². The molecule has 0 radical (unpaired) electrons. The van der Waals surface area contributed by atoms with Crippen molar-refractivity contribution in [2.75, 3.05) is 18.4 Å². The van der Waals surface area contributed by atoms with Crippen molar-refractivity contribution in [1.29, 1.82) is 0 Å². The first-order valence-electron chi connectivity index (χ1n) is 8.41. The van der Waals surface area contributed by atoms with Gasteiger partial charge in [0, 0.05) is 24.3 Å². The summed E-state index contributed by atoms with van der Waals surface area (Å²) in [5, 5.41) is 13.9. The average molecular weight is 372 g/mol. The number of piperidine rings is 1. The smallest absolute Gasteiger partial charge is 0.308 e. The fourth-order valence-corrected chi connectivity index (χ4v) is 3.83. The largest absolute Gasteiger partial charge is 0.481 e. The Morgan fingerprint density at radius 2 is 2.00 bits per heavy atom. The Morgan fingerprint density at radius 1 is 1.19 bits per heavy atom. The van der Waals surface area contributed by atoms with E-state index >= 15 is 0 Å². The molecule has 2 unspecified atom stereocenters. The Labute approximate surface area is 155 Å². The molecular weight excluding hydrogens is 352 g/mol. The van der Waals surface area contributed by atoms with Crippen LogP contribution in [0.1, 0.15) is 33.4 Å². The molecule has 2 N–H and O–H groups in total. The first-order valence-corrected chi connectivity index (χ1v) is 9.29. The average Bonchev–Trinajstić information content (AvgIpc) is 3.15. The maximum absolute atomic E-state index is 12.8. The molecule has 1 saturated heterocycles. The van der Waals surface area contributed by atoms with Gasteiger partial charge in [-0.15, -0.1) is 11.3 Å². The number of hydrogen-bond donors (Lipinski definition) is 2. The zero-order valence-electron chi connectivity index (χ0n) is 14.3. The summed E-state index contributed by atoms with van der Waals surface area (Å²) in [4.78, 5) is 38.5. The van der Waals surface area contributed by atoms with Gasteiger partial charge in [0.25, 0.3) is 11.8 Å². The molecule has 0 spiro atoms. The minimum Gasteiger partial charge on any atom is -0.481 e. The summed E-state index contributed by atoms with van der Waals surface area (Å²) in [5.74, 6) is -1.71. The van der Waals surface area contributed by atoms with Gasteiger partial charge in [-0.25, -0.2) is 0 Å². The number of carboxylic acids is 1. The number of benzene rings is 1. The van der Waals surface area contributed by atoms with E-state index in [2.05, 4.69) is 5.32 Å². The molecule has 6 nitrogen and oxygen atoms in total. The first kappa shape index (κ1) is 18.1. The van der Waals surface area contributed by atoms with E-state index in [4.69, 9.17) is 0 Å². The highest BCUT2D eigenvalue weighted by Gasteiger charge is 2.32. The molecule has 2 heterocycles. The second kappa shape index (κ2) is 7.70. The topological polar surface area (TPSA) is 86.7 Å². The molecule has 0 saturated carbocycles. The third-order valence-corrected chi connectivity index (χ3v) is 5.28. The minimum atomic E-state index is -0.869. The van der Waals surface area contributed by atoms with Gasteiger partial charge in [-0.05, 0) is 42.0 Å². The maximum Gasteiger partial charge on any atom is 0.308 e. The standard InChI is InChI=1S/C19H20N2O4S/c1-12-8-14(19(24)25)11-21(10-12)18(23)13-4-2-5-15(9-13)20-17(22)16-6-3-7-26-16/h2-7,9,12,14H,8,10-11H2,1H3,(H,20,22)(H,24,25). The van der Waals surface area contributed by atoms with Gasteiger partial charge in [0.2, 0.25) is 0 Å². The maximum atomic E-state index is 12.8. The van der Waals surface area contributed by atoms with Crippen LogP contribution in [-0.4, -0.2) is 40.9 Å². The molecule has 0 bridgehead atoms. The number of hydrogen-bond acceptors (Lipinski definition) is 4. The van der Waals surface area contributed by atoms with Gasteiger partial charge in [-0.3, -0.25) is 14.4 Å². The number of amides is 2. The second-order valence-electron chi connectivity index (χ2n) is 6.60. The molecule has 7 heteroatoms. The van der Waals surface area contributed by atoms with Gasteiger partial charge in [0.15, 0.2) is 0 Å². The number of carboxylic acid groups (broad SMARTS) is 1. The van der Waals surface area contributed by atoms with Crippen LogP contribution < -0.4 is 5.32 Å². The summed E-state index contributed by atoms with van der Waals surface area (Å²) in [7, 11) is 0. The molecule has 3 rings (SSSR count). The van der Waals surface area contributed by atoms with Gasteiger partial charge in [-0.2, -0.15) is 0 Å². The molecular formula is C19H20N2O4S. The second-order valence-corrected chi connectivity index (χ2v) is 7.55. The lowest BCUT2D eigenvalue weighted by molar-refractivity contribution is -0.143. The van der Waals surface area contributed by atoms with Crippen molar-refractivity contribution in [3.05, 3.63) is 52.2 Å². The fourth-order valence-electron chi connectivity index (χ4n) is 3.21. The highest BCUT2D eigenvalue weighted by Crippen LogP contribution is 2.24. The van der Waals surface area contributed by atoms with E-state index in [1.54, 1.807) is 41.3 Å². The van der Waals surface area contributed by atoms with E-state index in [0.29, 0.717) is 29.1 Å². The van der Waals surface area contributed by atoms with Crippen molar-refractivity contribution < 1.29 is 19.5 Å². The predicted octanol–water partition coefficient (Wildman–Crippen LogP) is 3.18. The van der Waals surface area contributed by atoms with Crippen molar-refractivity contribution in [3.63, 3.8) is 0 Å². The van der Waals surface area contributed by atoms with Gasteiger partial charge < -0.3 is 15.3 Å². The number of likely N-dealkylation sites (tertiary alicyclic amines) is 1. The summed E-state index contributed by atoms with van der Waals surface area (Å²) in [6.45, 7) is 2.70. The normalized spacial score (nSPS) is 19.8. The van der Waals surface area contributed by atoms with Crippen LogP contribution in [0.4, 0.5) is 5.69 Å². The van der Waals surface area contributed by atoms with Crippen LogP contribution in [0, 0.1) is 11.8 Å². The molecule has 1 aliphatic rings. The van der Waals surface area contributed by atoms with Gasteiger partial charge in [-0.1, -0.05) is 19.1 Å². The number of carbonyl (C=O) groups is 3. The quantitative estimate of drug-likeness (QED) is 0.863. The molecule has 26 heavy (non-hydrogen) atoms. The van der Waals surface area contributed by atoms with Crippen molar-refractivity contribution in [3.8, 4) is 0 Å². The van der Waals surface area contributed by atoms with E-state index in [-0.39, 0.29) is 24.3 Å². The molecule has 1 fully saturated rings. The van der Waals surface area contributed by atoms with Crippen LogP contribution in [0.3, 0.4) is 0 Å². The van der Waals surface area contributed by atoms with E-state index < -0.39 is 11.9 Å². The predicted molar refractivity (Wildman–Crippen MR) is 99.5 cm³/mol. The van der Waals surface area contributed by atoms with Crippen LogP contribution in [0.25, 0.3) is 0 Å². The number of thiophene rings is 1. The van der Waals surface area contributed by atoms with Crippen LogP contribution in [0.15, 0.2) is 41.8 Å². The lowest BCUT2D eigenvalue weighted by atomic mass is 9.90. The molecule has 2 aromatic rings. The Morgan fingerprint density at radius 3 is 2.69 bits per heavy atom. The molecule has 0 aliphatic carbocycles. The number of aliphatic carboxylic acids is 1. The SMILES string of the molecule is CC1CC(C(=O)O)CN(C(=O)c2cccc(NC(=O)c3cccs3)c2)C1. The van der Waals surface area contributed by atoms with Crippen molar-refractivity contribution in [1.82, 2.24) is 4.90 Å². The fraction of sp³-hybridized carbons (Fsp3) is 0.316. The van der Waals surface area contributed by atoms with E-state index in [1.165, 1.54) is 11.3 Å². The number of nitrogens with one attached hydrogen (secondary N) is 1. The Hall–Kier alpha value is -2.67. The Kier molecular flexibility index (Phi) is 5.37. The lowest BCUT2D eigenvalue weighted by Gasteiger charge is -2.34. The van der Waals surface area contributed by atoms with Crippen molar-refractivity contribution >= 4 is 34.8 Å². The summed E-state index contributed by atoms with van der Waals surface area (Å²) in [6, 6.07) is 10.3. The van der Waals surface area contributed by atoms with Crippen LogP contribution >= 0.6 is 11.3 Å². The number of carbonyl (C=O) groups excluding carboxylic acids is 2. The highest BCUT2D eigenvalue weighted by atomic mass is 32.1. The monoisotopic (exact) mass is 372 g/mol. The zero-order valence-corrected chi connectivity index (χ0v) is 15.2. The number of anilines is 1. The summed E-state index contributed by atoms with van der Waals surface area (Å²) in [5.41, 5.74) is 0.973. The van der Waals surface area contributed by atoms with E-state index in [0.717, 1.165) is 0 Å². The molecule has 2 amide bonds. The molecule has 1 aromatic carbocycles. The third kappa shape index (κ3) is 4.11. The Bertz CT molecular complexity index is 819. The van der Waals surface area contributed by atoms with Crippen molar-refractivity contribution in [2.45, 2.75) is 13.3 Å². The van der Waals surface area contributed by atoms with Gasteiger partial charge >= 0.3 is 5.97 Å². The van der Waals surface area contributed by atoms with E-state index in [1.807, 2.05) is 12.3 Å². The first-order chi connectivity index (χ1) is 12.4. The number of nitrogens with zero attached hydrogens (tertiary/aromatic N) is 1. The van der Waals surface area contributed by atoms with Gasteiger partial charge in [0.1, 0.15) is 0 Å². The van der Waals surface area contributed by atoms with E-state index in [9.17, 15) is 19.5 Å². The van der Waals surface area contributed by atoms with Crippen LogP contribution in [0.5, 0.6) is 0 Å². The summed E-state index contributed by atoms with van der Waals surface area (Å²) < 4.78 is 0. The summed E-state index contributed by atoms with van der Waals surface area (Å²) >= 11 is 1.34. The lowest BCUT2D eigenvalue weighted by Crippen LogP contribution is -2.45. The van der Waals surface area contributed by atoms with Crippen LogP contribution in [0.2, 0.25) is 0 Å². The zero-order chi connectivity index (χ0) is 18.7. The number of rotatable bonds is 4. The minimum absolute atomic E-state index is 0.135. The van der Waals surface area contributed by atoms with Gasteiger partial charge in [0.05, 0.1) is 10.8 Å².